The van der Waals surface area contributed by atoms with E-state index in [1.54, 1.807) is 11.6 Å². The predicted octanol–water partition coefficient (Wildman–Crippen LogP) is 1.63. The average molecular weight is 336 g/mol. The van der Waals surface area contributed by atoms with Crippen LogP contribution >= 0.6 is 22.9 Å². The number of imidazole rings is 1. The molecule has 0 unspecified atom stereocenters. The molecule has 1 aliphatic carbocycles. The second-order valence-corrected chi connectivity index (χ2v) is 7.93. The first kappa shape index (κ1) is 14.3. The molecule has 0 saturated heterocycles. The molecule has 0 aromatic carbocycles. The van der Waals surface area contributed by atoms with E-state index in [9.17, 15) is 13.5 Å². The van der Waals surface area contributed by atoms with Gasteiger partial charge in [0.1, 0.15) is 0 Å². The van der Waals surface area contributed by atoms with Crippen LogP contribution in [0.5, 0.6) is 0 Å². The lowest BCUT2D eigenvalue weighted by molar-refractivity contribution is 0.0531. The van der Waals surface area contributed by atoms with Gasteiger partial charge in [-0.2, -0.15) is 0 Å². The summed E-state index contributed by atoms with van der Waals surface area (Å²) in [6, 6.07) is 0. The first-order valence-electron chi connectivity index (χ1n) is 6.24. The molecule has 6 nitrogen and oxygen atoms in total. The van der Waals surface area contributed by atoms with Crippen molar-refractivity contribution in [3.63, 3.8) is 0 Å². The summed E-state index contributed by atoms with van der Waals surface area (Å²) in [7, 11) is -3.80. The lowest BCUT2D eigenvalue weighted by Crippen LogP contribution is -2.41. The van der Waals surface area contributed by atoms with Crippen molar-refractivity contribution in [1.29, 1.82) is 0 Å². The quantitative estimate of drug-likeness (QED) is 0.889. The number of aliphatic hydroxyl groups is 1. The van der Waals surface area contributed by atoms with Crippen LogP contribution in [-0.2, 0) is 10.0 Å². The van der Waals surface area contributed by atoms with Gasteiger partial charge in [-0.15, -0.1) is 11.3 Å². The van der Waals surface area contributed by atoms with Gasteiger partial charge in [-0.25, -0.2) is 18.1 Å². The second-order valence-electron chi connectivity index (χ2n) is 5.02. The fraction of sp³-hybridized carbons (Fsp3) is 0.545. The molecule has 9 heteroatoms. The molecule has 1 aliphatic rings. The largest absolute Gasteiger partial charge is 0.389 e. The van der Waals surface area contributed by atoms with Crippen LogP contribution < -0.4 is 4.72 Å². The third-order valence-electron chi connectivity index (χ3n) is 3.56. The Morgan fingerprint density at radius 3 is 2.90 bits per heavy atom. The Morgan fingerprint density at radius 1 is 1.50 bits per heavy atom. The number of aromatic nitrogens is 2. The summed E-state index contributed by atoms with van der Waals surface area (Å²) in [4.78, 5) is 4.52. The molecular formula is C11H14ClN3O3S2. The molecule has 2 N–H and O–H groups in total. The number of fused-ring (bicyclic) bond motifs is 1. The van der Waals surface area contributed by atoms with Gasteiger partial charge in [0.05, 0.1) is 5.60 Å². The van der Waals surface area contributed by atoms with Gasteiger partial charge in [-0.3, -0.25) is 4.40 Å². The van der Waals surface area contributed by atoms with Gasteiger partial charge in [0.2, 0.25) is 0 Å². The van der Waals surface area contributed by atoms with Crippen molar-refractivity contribution in [3.05, 3.63) is 16.7 Å². The van der Waals surface area contributed by atoms with Crippen molar-refractivity contribution >= 4 is 37.9 Å². The van der Waals surface area contributed by atoms with Crippen molar-refractivity contribution in [1.82, 2.24) is 14.1 Å². The molecule has 1 fully saturated rings. The number of halogens is 1. The van der Waals surface area contributed by atoms with Crippen LogP contribution in [0, 0.1) is 0 Å². The maximum atomic E-state index is 12.4. The molecule has 0 radical (unpaired) electrons. The summed E-state index contributed by atoms with van der Waals surface area (Å²) in [6.07, 6.45) is 4.67. The molecule has 3 rings (SSSR count). The molecule has 0 aliphatic heterocycles. The summed E-state index contributed by atoms with van der Waals surface area (Å²) in [6.45, 7) is 0.00301. The van der Waals surface area contributed by atoms with Crippen LogP contribution in [0.15, 0.2) is 16.6 Å². The zero-order chi connectivity index (χ0) is 14.4. The number of hydrogen-bond acceptors (Lipinski definition) is 5. The fourth-order valence-corrected chi connectivity index (χ4v) is 5.05. The van der Waals surface area contributed by atoms with Crippen molar-refractivity contribution in [3.8, 4) is 0 Å². The minimum absolute atomic E-state index is 0.00301. The molecule has 2 heterocycles. The van der Waals surface area contributed by atoms with Crippen molar-refractivity contribution < 1.29 is 13.5 Å². The Labute approximate surface area is 125 Å². The number of rotatable bonds is 4. The van der Waals surface area contributed by atoms with Gasteiger partial charge in [-0.1, -0.05) is 24.4 Å². The molecule has 2 aromatic rings. The highest BCUT2D eigenvalue weighted by Crippen LogP contribution is 2.30. The predicted molar refractivity (Wildman–Crippen MR) is 76.7 cm³/mol. The van der Waals surface area contributed by atoms with Crippen molar-refractivity contribution in [2.45, 2.75) is 36.3 Å². The van der Waals surface area contributed by atoms with Gasteiger partial charge >= 0.3 is 0 Å². The standard InChI is InChI=1S/C11H14ClN3O3S2/c12-8-9(15-5-6-19-10(15)14-8)20(17,18)13-7-11(16)3-1-2-4-11/h5-6,13,16H,1-4,7H2. The summed E-state index contributed by atoms with van der Waals surface area (Å²) < 4.78 is 28.6. The third kappa shape index (κ3) is 2.46. The number of hydrogen-bond donors (Lipinski definition) is 2. The van der Waals surface area contributed by atoms with E-state index in [2.05, 4.69) is 9.71 Å². The maximum absolute atomic E-state index is 12.4. The fourth-order valence-electron chi connectivity index (χ4n) is 2.49. The minimum Gasteiger partial charge on any atom is -0.389 e. The van der Waals surface area contributed by atoms with E-state index in [0.717, 1.165) is 12.8 Å². The Hall–Kier alpha value is -0.670. The number of nitrogens with zero attached hydrogens (tertiary/aromatic N) is 2. The summed E-state index contributed by atoms with van der Waals surface area (Å²) in [5.41, 5.74) is -0.946. The van der Waals surface area contributed by atoms with E-state index in [-0.39, 0.29) is 16.7 Å². The van der Waals surface area contributed by atoms with Gasteiger partial charge in [-0.05, 0) is 12.8 Å². The number of thiazole rings is 1. The van der Waals surface area contributed by atoms with Crippen molar-refractivity contribution in [2.75, 3.05) is 6.54 Å². The molecule has 2 aromatic heterocycles. The molecule has 110 valence electrons. The normalized spacial score (nSPS) is 18.9. The Morgan fingerprint density at radius 2 is 2.20 bits per heavy atom. The summed E-state index contributed by atoms with van der Waals surface area (Å²) in [5, 5.41) is 11.8. The highest BCUT2D eigenvalue weighted by Gasteiger charge is 2.34. The van der Waals surface area contributed by atoms with Crippen LogP contribution in [0.25, 0.3) is 4.96 Å². The van der Waals surface area contributed by atoms with E-state index in [1.165, 1.54) is 15.7 Å². The highest BCUT2D eigenvalue weighted by molar-refractivity contribution is 7.89. The van der Waals surface area contributed by atoms with Gasteiger partial charge < -0.3 is 5.11 Å². The lowest BCUT2D eigenvalue weighted by Gasteiger charge is -2.22. The van der Waals surface area contributed by atoms with Crippen LogP contribution in [0.4, 0.5) is 0 Å². The SMILES string of the molecule is O=S(=O)(NCC1(O)CCCC1)c1c(Cl)nc2sccn12. The first-order chi connectivity index (χ1) is 9.41. The van der Waals surface area contributed by atoms with E-state index >= 15 is 0 Å². The Bertz CT molecular complexity index is 731. The molecule has 0 atom stereocenters. The Kier molecular flexibility index (Phi) is 3.54. The molecule has 0 amide bonds. The zero-order valence-corrected chi connectivity index (χ0v) is 12.9. The molecule has 0 spiro atoms. The minimum atomic E-state index is -3.80. The van der Waals surface area contributed by atoms with E-state index in [0.29, 0.717) is 17.8 Å². The first-order valence-corrected chi connectivity index (χ1v) is 8.98. The third-order valence-corrected chi connectivity index (χ3v) is 6.11. The smallest absolute Gasteiger partial charge is 0.259 e. The van der Waals surface area contributed by atoms with Gasteiger partial charge in [0.25, 0.3) is 10.0 Å². The molecular weight excluding hydrogens is 322 g/mol. The van der Waals surface area contributed by atoms with E-state index < -0.39 is 15.6 Å². The lowest BCUT2D eigenvalue weighted by atomic mass is 10.0. The second kappa shape index (κ2) is 4.96. The average Bonchev–Trinajstić information content (AvgIpc) is 3.03. The van der Waals surface area contributed by atoms with Crippen molar-refractivity contribution in [2.24, 2.45) is 0 Å². The highest BCUT2D eigenvalue weighted by atomic mass is 35.5. The van der Waals surface area contributed by atoms with E-state index in [1.807, 2.05) is 0 Å². The molecule has 20 heavy (non-hydrogen) atoms. The number of sulfonamides is 1. The maximum Gasteiger partial charge on any atom is 0.259 e. The summed E-state index contributed by atoms with van der Waals surface area (Å²) >= 11 is 7.22. The van der Waals surface area contributed by atoms with E-state index in [4.69, 9.17) is 11.6 Å². The number of nitrogens with one attached hydrogen (secondary N) is 1. The molecule has 1 saturated carbocycles. The molecule has 0 bridgehead atoms. The van der Waals surface area contributed by atoms with Gasteiger partial charge in [0, 0.05) is 18.1 Å². The Balaban J connectivity index is 1.88. The van der Waals surface area contributed by atoms with Crippen LogP contribution in [0.2, 0.25) is 5.15 Å². The zero-order valence-electron chi connectivity index (χ0n) is 10.5. The van der Waals surface area contributed by atoms with Crippen LogP contribution in [0.3, 0.4) is 0 Å². The topological polar surface area (TPSA) is 83.7 Å². The van der Waals surface area contributed by atoms with Gasteiger partial charge in [0.15, 0.2) is 15.1 Å². The monoisotopic (exact) mass is 335 g/mol. The van der Waals surface area contributed by atoms with Crippen LogP contribution in [0.1, 0.15) is 25.7 Å². The summed E-state index contributed by atoms with van der Waals surface area (Å²) in [5.74, 6) is 0. The van der Waals surface area contributed by atoms with Crippen LogP contribution in [-0.4, -0.2) is 35.1 Å².